The van der Waals surface area contributed by atoms with Crippen LogP contribution in [-0.2, 0) is 13.0 Å². The number of thiophene rings is 1. The van der Waals surface area contributed by atoms with Gasteiger partial charge in [0.05, 0.1) is 0 Å². The highest BCUT2D eigenvalue weighted by Gasteiger charge is 2.15. The molecule has 0 amide bonds. The maximum absolute atomic E-state index is 12.4. The van der Waals surface area contributed by atoms with E-state index < -0.39 is 0 Å². The largest absolute Gasteiger partial charge is 0.292 e. The number of aromatic nitrogens is 4. The molecule has 0 fully saturated rings. The Labute approximate surface area is 139 Å². The molecule has 2 heterocycles. The van der Waals surface area contributed by atoms with Crippen molar-refractivity contribution in [1.29, 1.82) is 0 Å². The normalized spacial score (nSPS) is 10.9. The molecule has 0 aliphatic rings. The molecule has 118 valence electrons. The summed E-state index contributed by atoms with van der Waals surface area (Å²) in [6, 6.07) is 9.99. The topological polar surface area (TPSA) is 60.7 Å². The Morgan fingerprint density at radius 1 is 1.22 bits per heavy atom. The summed E-state index contributed by atoms with van der Waals surface area (Å²) in [6.07, 6.45) is 0.994. The van der Waals surface area contributed by atoms with E-state index in [1.165, 1.54) is 10.4 Å². The van der Waals surface area contributed by atoms with E-state index in [4.69, 9.17) is 0 Å². The zero-order chi connectivity index (χ0) is 16.4. The number of hydrogen-bond acceptors (Lipinski definition) is 5. The molecule has 6 heteroatoms. The summed E-state index contributed by atoms with van der Waals surface area (Å²) in [6.45, 7) is 6.18. The van der Waals surface area contributed by atoms with Gasteiger partial charge >= 0.3 is 0 Å². The quantitative estimate of drug-likeness (QED) is 0.674. The van der Waals surface area contributed by atoms with Crippen LogP contribution in [0.25, 0.3) is 11.4 Å². The molecule has 5 nitrogen and oxygen atoms in total. The predicted molar refractivity (Wildman–Crippen MR) is 90.8 cm³/mol. The monoisotopic (exact) mass is 326 g/mol. The van der Waals surface area contributed by atoms with Gasteiger partial charge in [0.1, 0.15) is 6.54 Å². The molecule has 0 saturated heterocycles. The average molecular weight is 326 g/mol. The molecule has 1 aromatic carbocycles. The molecule has 0 spiro atoms. The van der Waals surface area contributed by atoms with Gasteiger partial charge in [-0.05, 0) is 37.1 Å². The van der Waals surface area contributed by atoms with E-state index >= 15 is 0 Å². The number of ketones is 1. The molecular weight excluding hydrogens is 308 g/mol. The minimum Gasteiger partial charge on any atom is -0.292 e. The van der Waals surface area contributed by atoms with Crippen LogP contribution in [0, 0.1) is 13.8 Å². The smallest absolute Gasteiger partial charge is 0.204 e. The van der Waals surface area contributed by atoms with E-state index in [0.717, 1.165) is 27.3 Å². The molecular formula is C17H18N4OS. The van der Waals surface area contributed by atoms with Crippen molar-refractivity contribution in [2.45, 2.75) is 33.7 Å². The van der Waals surface area contributed by atoms with Gasteiger partial charge in [0, 0.05) is 20.9 Å². The van der Waals surface area contributed by atoms with Gasteiger partial charge in [0.15, 0.2) is 5.78 Å². The van der Waals surface area contributed by atoms with Crippen molar-refractivity contribution in [2.75, 3.05) is 0 Å². The van der Waals surface area contributed by atoms with Crippen molar-refractivity contribution in [2.24, 2.45) is 0 Å². The van der Waals surface area contributed by atoms with Crippen LogP contribution in [0.5, 0.6) is 0 Å². The highest BCUT2D eigenvalue weighted by molar-refractivity contribution is 7.12. The third-order valence-electron chi connectivity index (χ3n) is 3.70. The lowest BCUT2D eigenvalue weighted by Gasteiger charge is -1.99. The molecule has 0 unspecified atom stereocenters. The first-order valence-electron chi connectivity index (χ1n) is 7.54. The SMILES string of the molecule is CCc1ccc(-c2nnn(CC(=O)c3cc(C)sc3C)n2)cc1. The van der Waals surface area contributed by atoms with Gasteiger partial charge in [-0.15, -0.1) is 21.5 Å². The molecule has 0 atom stereocenters. The van der Waals surface area contributed by atoms with E-state index in [2.05, 4.69) is 34.5 Å². The lowest BCUT2D eigenvalue weighted by molar-refractivity contribution is 0.0961. The first-order valence-corrected chi connectivity index (χ1v) is 8.36. The minimum absolute atomic E-state index is 0.0112. The number of carbonyl (C=O) groups excluding carboxylic acids is 1. The fourth-order valence-electron chi connectivity index (χ4n) is 2.44. The Morgan fingerprint density at radius 3 is 2.57 bits per heavy atom. The summed E-state index contributed by atoms with van der Waals surface area (Å²) in [5, 5.41) is 12.4. The van der Waals surface area contributed by atoms with Crippen molar-refractivity contribution in [1.82, 2.24) is 20.2 Å². The Bertz CT molecular complexity index is 833. The highest BCUT2D eigenvalue weighted by atomic mass is 32.1. The van der Waals surface area contributed by atoms with Crippen LogP contribution < -0.4 is 0 Å². The van der Waals surface area contributed by atoms with E-state index in [1.807, 2.05) is 32.0 Å². The van der Waals surface area contributed by atoms with E-state index in [1.54, 1.807) is 11.3 Å². The second-order valence-corrected chi connectivity index (χ2v) is 6.90. The molecule has 0 N–H and O–H groups in total. The Balaban J connectivity index is 1.76. The molecule has 3 rings (SSSR count). The molecule has 0 saturated carbocycles. The van der Waals surface area contributed by atoms with Crippen molar-refractivity contribution in [3.8, 4) is 11.4 Å². The zero-order valence-electron chi connectivity index (χ0n) is 13.4. The minimum atomic E-state index is 0.0112. The van der Waals surface area contributed by atoms with Crippen LogP contribution >= 0.6 is 11.3 Å². The van der Waals surface area contributed by atoms with Gasteiger partial charge in [-0.25, -0.2) is 0 Å². The van der Waals surface area contributed by atoms with Crippen LogP contribution in [-0.4, -0.2) is 26.0 Å². The lowest BCUT2D eigenvalue weighted by atomic mass is 10.1. The van der Waals surface area contributed by atoms with Crippen LogP contribution in [0.1, 0.15) is 32.6 Å². The fourth-order valence-corrected chi connectivity index (χ4v) is 3.38. The number of Topliss-reactive ketones (excluding diaryl/α,β-unsaturated/α-hetero) is 1. The summed E-state index contributed by atoms with van der Waals surface area (Å²) in [5.41, 5.74) is 2.92. The molecule has 0 bridgehead atoms. The van der Waals surface area contributed by atoms with Crippen LogP contribution in [0.2, 0.25) is 0 Å². The van der Waals surface area contributed by atoms with Crippen molar-refractivity contribution >= 4 is 17.1 Å². The highest BCUT2D eigenvalue weighted by Crippen LogP contribution is 2.21. The summed E-state index contributed by atoms with van der Waals surface area (Å²) < 4.78 is 0. The summed E-state index contributed by atoms with van der Waals surface area (Å²) >= 11 is 1.63. The third-order valence-corrected chi connectivity index (χ3v) is 4.67. The number of nitrogens with zero attached hydrogens (tertiary/aromatic N) is 4. The number of benzene rings is 1. The van der Waals surface area contributed by atoms with Crippen LogP contribution in [0.15, 0.2) is 30.3 Å². The van der Waals surface area contributed by atoms with Gasteiger partial charge in [-0.1, -0.05) is 31.2 Å². The fraction of sp³-hybridized carbons (Fsp3) is 0.294. The lowest BCUT2D eigenvalue weighted by Crippen LogP contribution is -2.13. The van der Waals surface area contributed by atoms with Gasteiger partial charge < -0.3 is 0 Å². The molecule has 0 radical (unpaired) electrons. The second-order valence-electron chi connectivity index (χ2n) is 5.44. The van der Waals surface area contributed by atoms with Gasteiger partial charge in [0.2, 0.25) is 5.82 Å². The molecule has 3 aromatic rings. The number of rotatable bonds is 5. The van der Waals surface area contributed by atoms with Crippen LogP contribution in [0.4, 0.5) is 0 Å². The maximum Gasteiger partial charge on any atom is 0.204 e. The third kappa shape index (κ3) is 3.37. The van der Waals surface area contributed by atoms with E-state index in [-0.39, 0.29) is 12.3 Å². The zero-order valence-corrected chi connectivity index (χ0v) is 14.2. The van der Waals surface area contributed by atoms with Crippen molar-refractivity contribution in [3.63, 3.8) is 0 Å². The molecule has 0 aliphatic carbocycles. The van der Waals surface area contributed by atoms with E-state index in [0.29, 0.717) is 5.82 Å². The standard InChI is InChI=1S/C17H18N4OS/c1-4-13-5-7-14(8-6-13)17-18-20-21(19-17)10-16(22)15-9-11(2)23-12(15)3/h5-9H,4,10H2,1-3H3. The first kappa shape index (κ1) is 15.6. The van der Waals surface area contributed by atoms with Crippen molar-refractivity contribution < 1.29 is 4.79 Å². The summed E-state index contributed by atoms with van der Waals surface area (Å²) in [7, 11) is 0. The van der Waals surface area contributed by atoms with E-state index in [9.17, 15) is 4.79 Å². The summed E-state index contributed by atoms with van der Waals surface area (Å²) in [4.78, 5) is 15.9. The Morgan fingerprint density at radius 2 is 1.96 bits per heavy atom. The van der Waals surface area contributed by atoms with Gasteiger partial charge in [0.25, 0.3) is 0 Å². The van der Waals surface area contributed by atoms with Gasteiger partial charge in [-0.2, -0.15) is 4.80 Å². The van der Waals surface area contributed by atoms with Crippen molar-refractivity contribution in [3.05, 3.63) is 51.2 Å². The number of carbonyl (C=O) groups is 1. The predicted octanol–water partition coefficient (Wildman–Crippen LogP) is 3.46. The van der Waals surface area contributed by atoms with Gasteiger partial charge in [-0.3, -0.25) is 4.79 Å². The number of hydrogen-bond donors (Lipinski definition) is 0. The molecule has 0 aliphatic heterocycles. The average Bonchev–Trinajstić information content (AvgIpc) is 3.13. The van der Waals surface area contributed by atoms with Crippen LogP contribution in [0.3, 0.4) is 0 Å². The summed E-state index contributed by atoms with van der Waals surface area (Å²) in [5.74, 6) is 0.552. The number of tetrazole rings is 1. The molecule has 23 heavy (non-hydrogen) atoms. The maximum atomic E-state index is 12.4. The number of aryl methyl sites for hydroxylation is 3. The Hall–Kier alpha value is -2.34. The molecule has 2 aromatic heterocycles. The Kier molecular flexibility index (Phi) is 4.34. The second kappa shape index (κ2) is 6.42. The first-order chi connectivity index (χ1) is 11.1.